The zero-order valence-electron chi connectivity index (χ0n) is 8.23. The molecule has 0 spiro atoms. The third kappa shape index (κ3) is 2.85. The lowest BCUT2D eigenvalue weighted by Crippen LogP contribution is -2.22. The maximum atomic E-state index is 11.4. The molecule has 0 atom stereocenters. The molecule has 0 aliphatic carbocycles. The third-order valence-electron chi connectivity index (χ3n) is 1.89. The van der Waals surface area contributed by atoms with E-state index < -0.39 is 0 Å². The Bertz CT molecular complexity index is 335. The van der Waals surface area contributed by atoms with Gasteiger partial charge in [0.2, 0.25) is 0 Å². The molecule has 1 aromatic rings. The first kappa shape index (κ1) is 10.7. The van der Waals surface area contributed by atoms with Crippen molar-refractivity contribution in [2.45, 2.75) is 12.8 Å². The van der Waals surface area contributed by atoms with Crippen molar-refractivity contribution in [2.24, 2.45) is 7.05 Å². The summed E-state index contributed by atoms with van der Waals surface area (Å²) in [4.78, 5) is 15.4. The summed E-state index contributed by atoms with van der Waals surface area (Å²) in [7, 11) is 1.68. The van der Waals surface area contributed by atoms with Crippen molar-refractivity contribution in [2.75, 3.05) is 18.5 Å². The van der Waals surface area contributed by atoms with Crippen molar-refractivity contribution in [1.82, 2.24) is 9.55 Å². The number of aliphatic hydroxyl groups excluding tert-OH is 1. The Morgan fingerprint density at radius 1 is 1.57 bits per heavy atom. The van der Waals surface area contributed by atoms with Crippen LogP contribution in [0.3, 0.4) is 0 Å². The zero-order chi connectivity index (χ0) is 10.4. The standard InChI is InChI=1S/C9H15N3O2/c1-12-6-5-11-8(9(12)14)10-4-2-3-7-13/h5-6,13H,2-4,7H2,1H3,(H,10,11). The van der Waals surface area contributed by atoms with Gasteiger partial charge in [0.15, 0.2) is 5.82 Å². The molecule has 14 heavy (non-hydrogen) atoms. The Hall–Kier alpha value is -1.36. The molecule has 1 aromatic heterocycles. The molecule has 78 valence electrons. The Kier molecular flexibility index (Phi) is 4.12. The Morgan fingerprint density at radius 3 is 3.07 bits per heavy atom. The first-order chi connectivity index (χ1) is 6.75. The number of nitrogens with zero attached hydrogens (tertiary/aromatic N) is 2. The molecule has 1 heterocycles. The van der Waals surface area contributed by atoms with E-state index in [2.05, 4.69) is 10.3 Å². The van der Waals surface area contributed by atoms with Gasteiger partial charge in [-0.15, -0.1) is 0 Å². The number of aryl methyl sites for hydroxylation is 1. The highest BCUT2D eigenvalue weighted by molar-refractivity contribution is 5.30. The van der Waals surface area contributed by atoms with E-state index in [0.717, 1.165) is 12.8 Å². The summed E-state index contributed by atoms with van der Waals surface area (Å²) in [6, 6.07) is 0. The summed E-state index contributed by atoms with van der Waals surface area (Å²) < 4.78 is 1.47. The molecule has 0 fully saturated rings. The molecular weight excluding hydrogens is 182 g/mol. The lowest BCUT2D eigenvalue weighted by Gasteiger charge is -2.04. The Labute approximate surface area is 82.4 Å². The molecule has 5 nitrogen and oxygen atoms in total. The van der Waals surface area contributed by atoms with E-state index in [0.29, 0.717) is 12.4 Å². The van der Waals surface area contributed by atoms with E-state index in [-0.39, 0.29) is 12.2 Å². The molecule has 0 bridgehead atoms. The minimum Gasteiger partial charge on any atom is -0.396 e. The monoisotopic (exact) mass is 197 g/mol. The minimum atomic E-state index is -0.128. The largest absolute Gasteiger partial charge is 0.396 e. The van der Waals surface area contributed by atoms with Gasteiger partial charge in [0.25, 0.3) is 5.56 Å². The maximum absolute atomic E-state index is 11.4. The summed E-state index contributed by atoms with van der Waals surface area (Å²) in [5.74, 6) is 0.368. The molecule has 0 amide bonds. The number of anilines is 1. The first-order valence-electron chi connectivity index (χ1n) is 4.62. The van der Waals surface area contributed by atoms with Crippen LogP contribution < -0.4 is 10.9 Å². The molecule has 0 unspecified atom stereocenters. The molecule has 0 saturated heterocycles. The predicted molar refractivity (Wildman–Crippen MR) is 54.3 cm³/mol. The highest BCUT2D eigenvalue weighted by atomic mass is 16.2. The van der Waals surface area contributed by atoms with Gasteiger partial charge in [0.1, 0.15) is 0 Å². The van der Waals surface area contributed by atoms with Crippen LogP contribution in [0.5, 0.6) is 0 Å². The third-order valence-corrected chi connectivity index (χ3v) is 1.89. The number of unbranched alkanes of at least 4 members (excludes halogenated alkanes) is 1. The molecule has 1 rings (SSSR count). The van der Waals surface area contributed by atoms with E-state index in [1.807, 2.05) is 0 Å². The van der Waals surface area contributed by atoms with E-state index in [4.69, 9.17) is 5.11 Å². The van der Waals surface area contributed by atoms with E-state index in [1.165, 1.54) is 4.57 Å². The molecule has 0 radical (unpaired) electrons. The average Bonchev–Trinajstić information content (AvgIpc) is 2.19. The van der Waals surface area contributed by atoms with Gasteiger partial charge in [-0.1, -0.05) is 0 Å². The molecular formula is C9H15N3O2. The van der Waals surface area contributed by atoms with Gasteiger partial charge < -0.3 is 15.0 Å². The molecule has 0 saturated carbocycles. The van der Waals surface area contributed by atoms with Gasteiger partial charge in [0.05, 0.1) is 0 Å². The first-order valence-corrected chi connectivity index (χ1v) is 4.62. The number of hydrogen-bond donors (Lipinski definition) is 2. The maximum Gasteiger partial charge on any atom is 0.293 e. The molecule has 0 aromatic carbocycles. The fraction of sp³-hybridized carbons (Fsp3) is 0.556. The van der Waals surface area contributed by atoms with Crippen LogP contribution in [0.4, 0.5) is 5.82 Å². The van der Waals surface area contributed by atoms with Gasteiger partial charge in [-0.05, 0) is 12.8 Å². The quantitative estimate of drug-likeness (QED) is 0.650. The summed E-state index contributed by atoms with van der Waals surface area (Å²) in [5, 5.41) is 11.5. The second-order valence-corrected chi connectivity index (χ2v) is 3.05. The normalized spacial score (nSPS) is 10.1. The van der Waals surface area contributed by atoms with E-state index >= 15 is 0 Å². The Balaban J connectivity index is 2.51. The van der Waals surface area contributed by atoms with Gasteiger partial charge in [-0.25, -0.2) is 4.98 Å². The molecule has 0 aliphatic rings. The second-order valence-electron chi connectivity index (χ2n) is 3.05. The van der Waals surface area contributed by atoms with Gasteiger partial charge in [-0.2, -0.15) is 0 Å². The van der Waals surface area contributed by atoms with E-state index in [1.54, 1.807) is 19.4 Å². The summed E-state index contributed by atoms with van der Waals surface area (Å²) in [6.45, 7) is 0.842. The van der Waals surface area contributed by atoms with Crippen molar-refractivity contribution in [1.29, 1.82) is 0 Å². The van der Waals surface area contributed by atoms with Crippen LogP contribution in [-0.4, -0.2) is 27.8 Å². The van der Waals surface area contributed by atoms with Crippen LogP contribution in [0.25, 0.3) is 0 Å². The predicted octanol–water partition coefficient (Wildman–Crippen LogP) is -0.0353. The van der Waals surface area contributed by atoms with Crippen molar-refractivity contribution in [3.8, 4) is 0 Å². The second kappa shape index (κ2) is 5.39. The number of aliphatic hydroxyl groups is 1. The highest BCUT2D eigenvalue weighted by Crippen LogP contribution is 1.93. The van der Waals surface area contributed by atoms with Crippen LogP contribution in [0.2, 0.25) is 0 Å². The topological polar surface area (TPSA) is 67.2 Å². The average molecular weight is 197 g/mol. The van der Waals surface area contributed by atoms with Gasteiger partial charge >= 0.3 is 0 Å². The fourth-order valence-corrected chi connectivity index (χ4v) is 1.06. The van der Waals surface area contributed by atoms with Crippen LogP contribution in [0, 0.1) is 0 Å². The summed E-state index contributed by atoms with van der Waals surface area (Å²) in [6.07, 6.45) is 4.76. The smallest absolute Gasteiger partial charge is 0.293 e. The summed E-state index contributed by atoms with van der Waals surface area (Å²) >= 11 is 0. The van der Waals surface area contributed by atoms with Crippen LogP contribution in [-0.2, 0) is 7.05 Å². The van der Waals surface area contributed by atoms with Crippen LogP contribution >= 0.6 is 0 Å². The zero-order valence-corrected chi connectivity index (χ0v) is 8.23. The van der Waals surface area contributed by atoms with Crippen molar-refractivity contribution in [3.63, 3.8) is 0 Å². The van der Waals surface area contributed by atoms with Crippen LogP contribution in [0.1, 0.15) is 12.8 Å². The Morgan fingerprint density at radius 2 is 2.36 bits per heavy atom. The number of aromatic nitrogens is 2. The number of hydrogen-bond acceptors (Lipinski definition) is 4. The van der Waals surface area contributed by atoms with Gasteiger partial charge in [-0.3, -0.25) is 4.79 Å². The molecule has 5 heteroatoms. The van der Waals surface area contributed by atoms with Crippen molar-refractivity contribution in [3.05, 3.63) is 22.7 Å². The summed E-state index contributed by atoms with van der Waals surface area (Å²) in [5.41, 5.74) is -0.128. The lowest BCUT2D eigenvalue weighted by molar-refractivity contribution is 0.286. The fourth-order valence-electron chi connectivity index (χ4n) is 1.06. The van der Waals surface area contributed by atoms with Crippen molar-refractivity contribution >= 4 is 5.82 Å². The molecule has 0 aliphatic heterocycles. The highest BCUT2D eigenvalue weighted by Gasteiger charge is 1.99. The van der Waals surface area contributed by atoms with Crippen LogP contribution in [0.15, 0.2) is 17.2 Å². The molecule has 2 N–H and O–H groups in total. The minimum absolute atomic E-state index is 0.128. The number of nitrogens with one attached hydrogen (secondary N) is 1. The number of rotatable bonds is 5. The SMILES string of the molecule is Cn1ccnc(NCCCCO)c1=O. The van der Waals surface area contributed by atoms with E-state index in [9.17, 15) is 4.79 Å². The lowest BCUT2D eigenvalue weighted by atomic mass is 10.3. The van der Waals surface area contributed by atoms with Gasteiger partial charge in [0, 0.05) is 32.6 Å². The van der Waals surface area contributed by atoms with Crippen molar-refractivity contribution < 1.29 is 5.11 Å².